The van der Waals surface area contributed by atoms with Crippen molar-refractivity contribution in [2.45, 2.75) is 19.6 Å². The van der Waals surface area contributed by atoms with Crippen molar-refractivity contribution < 1.29 is 13.4 Å². The van der Waals surface area contributed by atoms with Gasteiger partial charge < -0.3 is 13.4 Å². The first kappa shape index (κ1) is 21.3. The fourth-order valence-electron chi connectivity index (χ4n) is 8.18. The Morgan fingerprint density at radius 2 is 0.606 bits per heavy atom. The molecule has 6 bridgehead atoms. The molecule has 0 atom stereocenters. The van der Waals surface area contributed by atoms with Crippen molar-refractivity contribution in [2.75, 3.05) is 118 Å². The fraction of sp³-hybridized carbons (Fsp3) is 0.778. The molecular weight excluding hydrogens is 408 g/mol. The van der Waals surface area contributed by atoms with E-state index in [-0.39, 0.29) is 0 Å². The van der Waals surface area contributed by atoms with Crippen LogP contribution in [-0.4, -0.2) is 146 Å². The van der Waals surface area contributed by atoms with Crippen molar-refractivity contribution in [1.29, 1.82) is 0 Å². The third kappa shape index (κ3) is 4.07. The Balaban J connectivity index is 1.18. The van der Waals surface area contributed by atoms with Gasteiger partial charge in [0.15, 0.2) is 0 Å². The minimum Gasteiger partial charge on any atom is -0.317 e. The SMILES string of the molecule is c1c(C[N+]23CCN(CC2)CC3)cc(C[N+]23CCN(CC2)CC3)cc1C[N+]12CCN(CC1)CC2. The monoisotopic (exact) mass is 453 g/mol. The van der Waals surface area contributed by atoms with Crippen LogP contribution in [0.4, 0.5) is 0 Å². The van der Waals surface area contributed by atoms with E-state index in [0.717, 1.165) is 0 Å². The third-order valence-corrected chi connectivity index (χ3v) is 10.7. The summed E-state index contributed by atoms with van der Waals surface area (Å²) >= 11 is 0. The Kier molecular flexibility index (Phi) is 5.16. The van der Waals surface area contributed by atoms with E-state index in [2.05, 4.69) is 32.9 Å². The van der Waals surface area contributed by atoms with E-state index < -0.39 is 0 Å². The van der Waals surface area contributed by atoms with Gasteiger partial charge in [-0.15, -0.1) is 0 Å². The number of piperazine rings is 9. The molecular formula is C27H45N6+3. The molecule has 0 radical (unpaired) electrons. The second kappa shape index (κ2) is 8.00. The Hall–Kier alpha value is -1.02. The highest BCUT2D eigenvalue weighted by molar-refractivity contribution is 5.29. The van der Waals surface area contributed by atoms with Crippen LogP contribution in [-0.2, 0) is 19.6 Å². The fourth-order valence-corrected chi connectivity index (χ4v) is 8.18. The Labute approximate surface area is 200 Å². The molecule has 0 amide bonds. The molecule has 0 aromatic heterocycles. The smallest absolute Gasteiger partial charge is 0.104 e. The Morgan fingerprint density at radius 3 is 0.818 bits per heavy atom. The van der Waals surface area contributed by atoms with Gasteiger partial charge in [0.05, 0.1) is 58.9 Å². The van der Waals surface area contributed by atoms with Gasteiger partial charge in [-0.3, -0.25) is 14.7 Å². The maximum Gasteiger partial charge on any atom is 0.104 e. The van der Waals surface area contributed by atoms with Crippen molar-refractivity contribution in [1.82, 2.24) is 14.7 Å². The molecule has 9 aliphatic rings. The van der Waals surface area contributed by atoms with E-state index >= 15 is 0 Å². The van der Waals surface area contributed by atoms with E-state index in [1.807, 2.05) is 0 Å². The average Bonchev–Trinajstić information content (AvgIpc) is 2.86. The van der Waals surface area contributed by atoms with Gasteiger partial charge in [0.2, 0.25) is 0 Å². The first-order valence-corrected chi connectivity index (χ1v) is 13.9. The van der Waals surface area contributed by atoms with Crippen molar-refractivity contribution >= 4 is 0 Å². The molecule has 6 nitrogen and oxygen atoms in total. The van der Waals surface area contributed by atoms with E-state index in [9.17, 15) is 0 Å². The van der Waals surface area contributed by atoms with Crippen LogP contribution in [0, 0.1) is 0 Å². The van der Waals surface area contributed by atoms with Crippen LogP contribution in [0.15, 0.2) is 18.2 Å². The van der Waals surface area contributed by atoms with Gasteiger partial charge in [-0.05, 0) is 18.2 Å². The van der Waals surface area contributed by atoms with Gasteiger partial charge in [-0.1, -0.05) is 0 Å². The number of quaternary nitrogens is 3. The predicted molar refractivity (Wildman–Crippen MR) is 131 cm³/mol. The summed E-state index contributed by atoms with van der Waals surface area (Å²) in [7, 11) is 0. The summed E-state index contributed by atoms with van der Waals surface area (Å²) in [5.74, 6) is 0. The highest BCUT2D eigenvalue weighted by Crippen LogP contribution is 2.30. The molecule has 10 rings (SSSR count). The van der Waals surface area contributed by atoms with Gasteiger partial charge in [0.25, 0.3) is 0 Å². The summed E-state index contributed by atoms with van der Waals surface area (Å²) in [5, 5.41) is 0. The molecule has 1 aromatic carbocycles. The molecule has 9 heterocycles. The molecule has 0 aliphatic carbocycles. The summed E-state index contributed by atoms with van der Waals surface area (Å²) in [6.45, 7) is 28.0. The van der Waals surface area contributed by atoms with E-state index in [4.69, 9.17) is 0 Å². The van der Waals surface area contributed by atoms with Crippen LogP contribution < -0.4 is 0 Å². The lowest BCUT2D eigenvalue weighted by atomic mass is 9.99. The lowest BCUT2D eigenvalue weighted by Crippen LogP contribution is -2.67. The molecule has 180 valence electrons. The van der Waals surface area contributed by atoms with Gasteiger partial charge in [-0.2, -0.15) is 0 Å². The predicted octanol–water partition coefficient (Wildman–Crippen LogP) is 0.625. The van der Waals surface area contributed by atoms with Crippen LogP contribution in [0.2, 0.25) is 0 Å². The maximum absolute atomic E-state index is 2.68. The van der Waals surface area contributed by atoms with Crippen LogP contribution in [0.25, 0.3) is 0 Å². The van der Waals surface area contributed by atoms with E-state index in [1.54, 1.807) is 16.7 Å². The number of rotatable bonds is 6. The largest absolute Gasteiger partial charge is 0.317 e. The molecule has 9 fully saturated rings. The molecule has 9 saturated heterocycles. The zero-order valence-corrected chi connectivity index (χ0v) is 20.8. The van der Waals surface area contributed by atoms with Crippen molar-refractivity contribution in [3.63, 3.8) is 0 Å². The minimum absolute atomic E-state index is 1.27. The lowest BCUT2D eigenvalue weighted by Gasteiger charge is -2.51. The van der Waals surface area contributed by atoms with E-state index in [0.29, 0.717) is 0 Å². The van der Waals surface area contributed by atoms with Crippen molar-refractivity contribution in [3.8, 4) is 0 Å². The number of hydrogen-bond donors (Lipinski definition) is 0. The summed E-state index contributed by atoms with van der Waals surface area (Å²) in [5.41, 5.74) is 4.96. The molecule has 0 saturated carbocycles. The van der Waals surface area contributed by atoms with Gasteiger partial charge >= 0.3 is 0 Å². The highest BCUT2D eigenvalue weighted by Gasteiger charge is 2.41. The number of benzene rings is 1. The molecule has 0 unspecified atom stereocenters. The van der Waals surface area contributed by atoms with Crippen LogP contribution in [0.1, 0.15) is 16.7 Å². The standard InChI is InChI=1S/C27H45N6/c1-10-31(11-2-28(1)3-12-31)22-25-19-26(23-32-13-4-29(5-14-32)6-15-32)21-27(20-25)24-33-16-7-30(8-17-33)9-18-33/h19-21H,1-18,22-24H2/q+3. The first-order valence-electron chi connectivity index (χ1n) is 13.9. The van der Waals surface area contributed by atoms with Gasteiger partial charge in [0.1, 0.15) is 19.6 Å². The quantitative estimate of drug-likeness (QED) is 0.585. The van der Waals surface area contributed by atoms with Crippen molar-refractivity contribution in [3.05, 3.63) is 34.9 Å². The van der Waals surface area contributed by atoms with Gasteiger partial charge in [0, 0.05) is 75.6 Å². The van der Waals surface area contributed by atoms with Crippen LogP contribution in [0.5, 0.6) is 0 Å². The average molecular weight is 454 g/mol. The maximum atomic E-state index is 2.68. The first-order chi connectivity index (χ1) is 16.1. The number of fused-ring (bicyclic) bond motifs is 9. The van der Waals surface area contributed by atoms with E-state index in [1.165, 1.54) is 151 Å². The topological polar surface area (TPSA) is 9.72 Å². The summed E-state index contributed by atoms with van der Waals surface area (Å²) in [6, 6.07) is 7.96. The summed E-state index contributed by atoms with van der Waals surface area (Å²) in [6.07, 6.45) is 0. The molecule has 0 spiro atoms. The third-order valence-electron chi connectivity index (χ3n) is 10.7. The lowest BCUT2D eigenvalue weighted by molar-refractivity contribution is -0.954. The Bertz CT molecular complexity index is 707. The zero-order valence-electron chi connectivity index (χ0n) is 20.8. The summed E-state index contributed by atoms with van der Waals surface area (Å²) < 4.78 is 4.05. The van der Waals surface area contributed by atoms with Crippen LogP contribution >= 0.6 is 0 Å². The second-order valence-electron chi connectivity index (χ2n) is 12.7. The number of nitrogens with zero attached hydrogens (tertiary/aromatic N) is 6. The molecule has 33 heavy (non-hydrogen) atoms. The van der Waals surface area contributed by atoms with Gasteiger partial charge in [-0.25, -0.2) is 0 Å². The number of hydrogen-bond acceptors (Lipinski definition) is 3. The second-order valence-corrected chi connectivity index (χ2v) is 12.7. The molecule has 0 N–H and O–H groups in total. The summed E-state index contributed by atoms with van der Waals surface area (Å²) in [4.78, 5) is 8.04. The minimum atomic E-state index is 1.27. The normalized spacial score (nSPS) is 43.8. The zero-order chi connectivity index (χ0) is 21.9. The Morgan fingerprint density at radius 1 is 0.394 bits per heavy atom. The molecule has 1 aromatic rings. The van der Waals surface area contributed by atoms with Crippen molar-refractivity contribution in [2.24, 2.45) is 0 Å². The van der Waals surface area contributed by atoms with Crippen LogP contribution in [0.3, 0.4) is 0 Å². The molecule has 9 aliphatic heterocycles. The molecule has 6 heteroatoms. The highest BCUT2D eigenvalue weighted by atomic mass is 15.5.